The van der Waals surface area contributed by atoms with Crippen LogP contribution in [0.25, 0.3) is 16.7 Å². The molecule has 3 aromatic carbocycles. The van der Waals surface area contributed by atoms with E-state index in [1.54, 1.807) is 49.5 Å². The predicted molar refractivity (Wildman–Crippen MR) is 132 cm³/mol. The number of halogens is 3. The number of rotatable bonds is 6. The fraction of sp³-hybridized carbons (Fsp3) is 0.160. The average Bonchev–Trinajstić information content (AvgIpc) is 3.10. The number of aryl methyl sites for hydroxylation is 1. The van der Waals surface area contributed by atoms with Crippen LogP contribution in [0.3, 0.4) is 0 Å². The Bertz CT molecular complexity index is 1480. The Kier molecular flexibility index (Phi) is 6.95. The lowest BCUT2D eigenvalue weighted by Gasteiger charge is -2.17. The fourth-order valence-corrected chi connectivity index (χ4v) is 4.38. The van der Waals surface area contributed by atoms with Gasteiger partial charge in [0, 0.05) is 13.5 Å². The molecule has 0 saturated carbocycles. The zero-order chi connectivity index (χ0) is 25.3. The number of carbonyl (C=O) groups excluding carboxylic acids is 2. The molecule has 0 spiro atoms. The zero-order valence-electron chi connectivity index (χ0n) is 18.7. The molecule has 1 aromatic heterocycles. The van der Waals surface area contributed by atoms with Crippen LogP contribution in [0.5, 0.6) is 0 Å². The molecule has 4 rings (SSSR count). The number of fused-ring (bicyclic) bond motifs is 1. The number of amides is 1. The Morgan fingerprint density at radius 2 is 1.69 bits per heavy atom. The molecule has 1 amide bonds. The van der Waals surface area contributed by atoms with Crippen molar-refractivity contribution in [3.8, 4) is 5.69 Å². The van der Waals surface area contributed by atoms with Gasteiger partial charge in [-0.2, -0.15) is 0 Å². The quantitative estimate of drug-likeness (QED) is 0.388. The number of hydrogen-bond donors (Lipinski definition) is 1. The Labute approximate surface area is 209 Å². The average molecular weight is 516 g/mol. The van der Waals surface area contributed by atoms with Crippen molar-refractivity contribution >= 4 is 46.1 Å². The second-order valence-electron chi connectivity index (χ2n) is 7.80. The Morgan fingerprint density at radius 3 is 2.34 bits per heavy atom. The van der Waals surface area contributed by atoms with Crippen LogP contribution in [0.4, 0.5) is 4.39 Å². The summed E-state index contributed by atoms with van der Waals surface area (Å²) >= 11 is 12.3. The standard InChI is InChI=1S/C25H20Cl2FN3O4/c1-30-20-8-4-6-17(27)22(20)31(25(30)34)15-11-9-14(10-12-15)13-19(24(33)35-2)29-23(32)21-16(26)5-3-7-18(21)28/h3-12,19H,13H2,1-2H3,(H,29,32). The van der Waals surface area contributed by atoms with E-state index in [-0.39, 0.29) is 22.7 Å². The van der Waals surface area contributed by atoms with Crippen molar-refractivity contribution in [2.75, 3.05) is 7.11 Å². The van der Waals surface area contributed by atoms with E-state index in [0.717, 1.165) is 6.07 Å². The van der Waals surface area contributed by atoms with E-state index in [1.165, 1.54) is 28.4 Å². The van der Waals surface area contributed by atoms with Crippen molar-refractivity contribution in [3.05, 3.63) is 98.1 Å². The summed E-state index contributed by atoms with van der Waals surface area (Å²) in [6.45, 7) is 0. The number of para-hydroxylation sites is 1. The molecule has 35 heavy (non-hydrogen) atoms. The van der Waals surface area contributed by atoms with Gasteiger partial charge in [-0.25, -0.2) is 14.0 Å². The predicted octanol–water partition coefficient (Wildman–Crippen LogP) is 4.29. The largest absolute Gasteiger partial charge is 0.467 e. The summed E-state index contributed by atoms with van der Waals surface area (Å²) in [5.74, 6) is -2.34. The van der Waals surface area contributed by atoms with Crippen molar-refractivity contribution in [1.82, 2.24) is 14.5 Å². The topological polar surface area (TPSA) is 82.3 Å². The normalized spacial score (nSPS) is 11.9. The van der Waals surface area contributed by atoms with Crippen molar-refractivity contribution < 1.29 is 18.7 Å². The third-order valence-electron chi connectivity index (χ3n) is 5.64. The number of ether oxygens (including phenoxy) is 1. The van der Waals surface area contributed by atoms with Gasteiger partial charge in [0.2, 0.25) is 0 Å². The Balaban J connectivity index is 1.62. The van der Waals surface area contributed by atoms with Gasteiger partial charge in [-0.1, -0.05) is 47.5 Å². The molecule has 0 aliphatic carbocycles. The number of benzene rings is 3. The van der Waals surface area contributed by atoms with Gasteiger partial charge in [-0.3, -0.25) is 13.9 Å². The van der Waals surface area contributed by atoms with Crippen LogP contribution in [-0.2, 0) is 23.0 Å². The molecular formula is C25H20Cl2FN3O4. The maximum Gasteiger partial charge on any atom is 0.333 e. The SMILES string of the molecule is COC(=O)C(Cc1ccc(-n2c(=O)n(C)c3cccc(Cl)c32)cc1)NC(=O)c1c(F)cccc1Cl. The summed E-state index contributed by atoms with van der Waals surface area (Å²) in [4.78, 5) is 37.9. The lowest BCUT2D eigenvalue weighted by molar-refractivity contribution is -0.142. The van der Waals surface area contributed by atoms with Gasteiger partial charge in [-0.05, 0) is 42.0 Å². The molecule has 0 aliphatic rings. The highest BCUT2D eigenvalue weighted by Crippen LogP contribution is 2.25. The Morgan fingerprint density at radius 1 is 1.03 bits per heavy atom. The third kappa shape index (κ3) is 4.67. The third-order valence-corrected chi connectivity index (χ3v) is 6.26. The van der Waals surface area contributed by atoms with E-state index in [2.05, 4.69) is 5.32 Å². The molecule has 180 valence electrons. The maximum atomic E-state index is 14.1. The van der Waals surface area contributed by atoms with Gasteiger partial charge in [0.05, 0.1) is 39.4 Å². The number of carbonyl (C=O) groups is 2. The summed E-state index contributed by atoms with van der Waals surface area (Å²) in [5.41, 5.74) is 1.90. The summed E-state index contributed by atoms with van der Waals surface area (Å²) in [5, 5.41) is 2.85. The van der Waals surface area contributed by atoms with Gasteiger partial charge in [0.25, 0.3) is 5.91 Å². The van der Waals surface area contributed by atoms with Crippen LogP contribution in [0.2, 0.25) is 10.0 Å². The molecule has 0 saturated heterocycles. The first-order chi connectivity index (χ1) is 16.7. The van der Waals surface area contributed by atoms with Crippen molar-refractivity contribution in [2.24, 2.45) is 7.05 Å². The number of aromatic nitrogens is 2. The molecule has 10 heteroatoms. The molecule has 0 bridgehead atoms. The lowest BCUT2D eigenvalue weighted by Crippen LogP contribution is -2.43. The number of hydrogen-bond acceptors (Lipinski definition) is 4. The summed E-state index contributed by atoms with van der Waals surface area (Å²) in [6.07, 6.45) is 0.0654. The highest BCUT2D eigenvalue weighted by atomic mass is 35.5. The van der Waals surface area contributed by atoms with Gasteiger partial charge in [0.1, 0.15) is 11.9 Å². The number of methoxy groups -OCH3 is 1. The van der Waals surface area contributed by atoms with E-state index < -0.39 is 23.7 Å². The zero-order valence-corrected chi connectivity index (χ0v) is 20.2. The van der Waals surface area contributed by atoms with Crippen molar-refractivity contribution in [2.45, 2.75) is 12.5 Å². The van der Waals surface area contributed by atoms with E-state index in [4.69, 9.17) is 27.9 Å². The fourth-order valence-electron chi connectivity index (χ4n) is 3.88. The van der Waals surface area contributed by atoms with Crippen LogP contribution in [0, 0.1) is 5.82 Å². The summed E-state index contributed by atoms with van der Waals surface area (Å²) < 4.78 is 22.0. The van der Waals surface area contributed by atoms with E-state index in [9.17, 15) is 18.8 Å². The highest BCUT2D eigenvalue weighted by Gasteiger charge is 2.25. The second-order valence-corrected chi connectivity index (χ2v) is 8.62. The van der Waals surface area contributed by atoms with Crippen molar-refractivity contribution in [3.63, 3.8) is 0 Å². The molecule has 1 heterocycles. The minimum absolute atomic E-state index is 0.0654. The first-order valence-electron chi connectivity index (χ1n) is 10.5. The second kappa shape index (κ2) is 9.93. The van der Waals surface area contributed by atoms with E-state index in [0.29, 0.717) is 27.3 Å². The molecule has 0 fully saturated rings. The Hall–Kier alpha value is -3.62. The minimum atomic E-state index is -1.09. The molecule has 1 N–H and O–H groups in total. The van der Waals surface area contributed by atoms with Crippen molar-refractivity contribution in [1.29, 1.82) is 0 Å². The number of nitrogens with one attached hydrogen (secondary N) is 1. The molecular weight excluding hydrogens is 496 g/mol. The van der Waals surface area contributed by atoms with Crippen LogP contribution >= 0.6 is 23.2 Å². The number of imidazole rings is 1. The molecule has 1 atom stereocenters. The van der Waals surface area contributed by atoms with Crippen LogP contribution in [0.1, 0.15) is 15.9 Å². The van der Waals surface area contributed by atoms with Gasteiger partial charge >= 0.3 is 11.7 Å². The summed E-state index contributed by atoms with van der Waals surface area (Å²) in [7, 11) is 2.86. The highest BCUT2D eigenvalue weighted by molar-refractivity contribution is 6.35. The van der Waals surface area contributed by atoms with E-state index >= 15 is 0 Å². The first-order valence-corrected chi connectivity index (χ1v) is 11.3. The smallest absolute Gasteiger partial charge is 0.333 e. The van der Waals surface area contributed by atoms with Crippen LogP contribution in [0.15, 0.2) is 65.5 Å². The van der Waals surface area contributed by atoms with E-state index in [1.807, 2.05) is 0 Å². The lowest BCUT2D eigenvalue weighted by atomic mass is 10.0. The monoisotopic (exact) mass is 515 g/mol. The molecule has 4 aromatic rings. The van der Waals surface area contributed by atoms with Crippen LogP contribution in [-0.4, -0.2) is 34.2 Å². The number of esters is 1. The molecule has 0 aliphatic heterocycles. The molecule has 0 radical (unpaired) electrons. The first kappa shape index (κ1) is 24.5. The van der Waals surface area contributed by atoms with Gasteiger partial charge in [0.15, 0.2) is 0 Å². The summed E-state index contributed by atoms with van der Waals surface area (Å²) in [6, 6.07) is 14.9. The molecule has 1 unspecified atom stereocenters. The number of nitrogens with zero attached hydrogens (tertiary/aromatic N) is 2. The maximum absolute atomic E-state index is 14.1. The minimum Gasteiger partial charge on any atom is -0.467 e. The van der Waals surface area contributed by atoms with Gasteiger partial charge < -0.3 is 10.1 Å². The van der Waals surface area contributed by atoms with Gasteiger partial charge in [-0.15, -0.1) is 0 Å². The molecule has 7 nitrogen and oxygen atoms in total. The van der Waals surface area contributed by atoms with Crippen LogP contribution < -0.4 is 11.0 Å².